The SMILES string of the molecule is COc1ccccc1NC(=O)NCC1(O)CCCC(C)C1. The van der Waals surface area contributed by atoms with E-state index in [1.807, 2.05) is 12.1 Å². The van der Waals surface area contributed by atoms with Crippen LogP contribution in [0.15, 0.2) is 24.3 Å². The first-order chi connectivity index (χ1) is 10.0. The molecule has 1 aliphatic carbocycles. The zero-order chi connectivity index (χ0) is 15.3. The number of anilines is 1. The minimum Gasteiger partial charge on any atom is -0.495 e. The van der Waals surface area contributed by atoms with Gasteiger partial charge in [0, 0.05) is 6.54 Å². The number of aliphatic hydroxyl groups is 1. The Morgan fingerprint density at radius 2 is 2.24 bits per heavy atom. The zero-order valence-corrected chi connectivity index (χ0v) is 12.7. The van der Waals surface area contributed by atoms with Crippen molar-refractivity contribution in [3.63, 3.8) is 0 Å². The Labute approximate surface area is 125 Å². The number of para-hydroxylation sites is 2. The highest BCUT2D eigenvalue weighted by molar-refractivity contribution is 5.90. The first-order valence-electron chi connectivity index (χ1n) is 7.43. The number of methoxy groups -OCH3 is 1. The lowest BCUT2D eigenvalue weighted by Crippen LogP contribution is -2.46. The van der Waals surface area contributed by atoms with Gasteiger partial charge in [-0.1, -0.05) is 31.9 Å². The quantitative estimate of drug-likeness (QED) is 0.799. The number of hydrogen-bond acceptors (Lipinski definition) is 3. The van der Waals surface area contributed by atoms with Crippen molar-refractivity contribution >= 4 is 11.7 Å². The van der Waals surface area contributed by atoms with Crippen molar-refractivity contribution in [3.05, 3.63) is 24.3 Å². The van der Waals surface area contributed by atoms with Gasteiger partial charge < -0.3 is 20.5 Å². The van der Waals surface area contributed by atoms with E-state index in [2.05, 4.69) is 17.6 Å². The Morgan fingerprint density at radius 3 is 2.95 bits per heavy atom. The zero-order valence-electron chi connectivity index (χ0n) is 12.7. The molecule has 2 atom stereocenters. The van der Waals surface area contributed by atoms with E-state index in [0.29, 0.717) is 17.4 Å². The van der Waals surface area contributed by atoms with Gasteiger partial charge >= 0.3 is 6.03 Å². The maximum Gasteiger partial charge on any atom is 0.319 e. The normalized spacial score (nSPS) is 25.2. The molecule has 3 N–H and O–H groups in total. The van der Waals surface area contributed by atoms with Crippen LogP contribution in [0.1, 0.15) is 32.6 Å². The summed E-state index contributed by atoms with van der Waals surface area (Å²) in [5, 5.41) is 16.0. The molecule has 1 saturated carbocycles. The molecular formula is C16H24N2O3. The fourth-order valence-corrected chi connectivity index (χ4v) is 2.95. The van der Waals surface area contributed by atoms with Crippen molar-refractivity contribution in [2.75, 3.05) is 19.0 Å². The summed E-state index contributed by atoms with van der Waals surface area (Å²) in [5.74, 6) is 1.11. The third-order valence-corrected chi connectivity index (χ3v) is 4.00. The summed E-state index contributed by atoms with van der Waals surface area (Å²) in [5.41, 5.74) is -0.169. The molecule has 0 saturated heterocycles. The first-order valence-corrected chi connectivity index (χ1v) is 7.43. The third-order valence-electron chi connectivity index (χ3n) is 4.00. The maximum absolute atomic E-state index is 12.0. The van der Waals surface area contributed by atoms with Gasteiger partial charge in [0.05, 0.1) is 18.4 Å². The molecule has 2 rings (SSSR count). The van der Waals surface area contributed by atoms with Crippen LogP contribution in [0.2, 0.25) is 0 Å². The average molecular weight is 292 g/mol. The van der Waals surface area contributed by atoms with E-state index >= 15 is 0 Å². The molecule has 1 aromatic carbocycles. The number of hydrogen-bond donors (Lipinski definition) is 3. The molecule has 0 heterocycles. The Balaban J connectivity index is 1.87. The largest absolute Gasteiger partial charge is 0.495 e. The number of carbonyl (C=O) groups is 1. The second-order valence-electron chi connectivity index (χ2n) is 5.93. The van der Waals surface area contributed by atoms with E-state index < -0.39 is 5.60 Å². The van der Waals surface area contributed by atoms with Crippen molar-refractivity contribution in [2.45, 2.75) is 38.2 Å². The summed E-state index contributed by atoms with van der Waals surface area (Å²) < 4.78 is 5.18. The smallest absolute Gasteiger partial charge is 0.319 e. The number of benzene rings is 1. The molecule has 0 spiro atoms. The standard InChI is InChI=1S/C16H24N2O3/c1-12-6-5-9-16(20,10-12)11-17-15(19)18-13-7-3-4-8-14(13)21-2/h3-4,7-8,12,20H,5-6,9-11H2,1-2H3,(H2,17,18,19). The summed E-state index contributed by atoms with van der Waals surface area (Å²) in [6.07, 6.45) is 3.64. The molecule has 0 bridgehead atoms. The fraction of sp³-hybridized carbons (Fsp3) is 0.562. The van der Waals surface area contributed by atoms with E-state index in [1.165, 1.54) is 0 Å². The van der Waals surface area contributed by atoms with Crippen LogP contribution in [-0.2, 0) is 0 Å². The highest BCUT2D eigenvalue weighted by Crippen LogP contribution is 2.31. The second-order valence-corrected chi connectivity index (χ2v) is 5.93. The van der Waals surface area contributed by atoms with Crippen molar-refractivity contribution < 1.29 is 14.6 Å². The van der Waals surface area contributed by atoms with E-state index in [-0.39, 0.29) is 12.6 Å². The summed E-state index contributed by atoms with van der Waals surface area (Å²) >= 11 is 0. The molecule has 2 amide bonds. The van der Waals surface area contributed by atoms with Crippen molar-refractivity contribution in [1.29, 1.82) is 0 Å². The van der Waals surface area contributed by atoms with Crippen LogP contribution in [0.3, 0.4) is 0 Å². The van der Waals surface area contributed by atoms with Crippen molar-refractivity contribution in [1.82, 2.24) is 5.32 Å². The van der Waals surface area contributed by atoms with Gasteiger partial charge in [-0.3, -0.25) is 0 Å². The highest BCUT2D eigenvalue weighted by atomic mass is 16.5. The Morgan fingerprint density at radius 1 is 1.48 bits per heavy atom. The van der Waals surface area contributed by atoms with E-state index in [9.17, 15) is 9.90 Å². The molecule has 5 heteroatoms. The molecule has 116 valence electrons. The first kappa shape index (κ1) is 15.6. The molecular weight excluding hydrogens is 268 g/mol. The van der Waals surface area contributed by atoms with Gasteiger partial charge in [-0.2, -0.15) is 0 Å². The Kier molecular flexibility index (Phi) is 5.07. The van der Waals surface area contributed by atoms with Crippen LogP contribution in [0, 0.1) is 5.92 Å². The number of rotatable bonds is 4. The Hall–Kier alpha value is -1.75. The van der Waals surface area contributed by atoms with Crippen LogP contribution in [0.5, 0.6) is 5.75 Å². The molecule has 1 fully saturated rings. The predicted octanol–water partition coefficient (Wildman–Crippen LogP) is 2.76. The summed E-state index contributed by atoms with van der Waals surface area (Å²) in [6, 6.07) is 6.90. The molecule has 21 heavy (non-hydrogen) atoms. The van der Waals surface area contributed by atoms with Crippen molar-refractivity contribution in [2.24, 2.45) is 5.92 Å². The van der Waals surface area contributed by atoms with Crippen LogP contribution in [-0.4, -0.2) is 30.4 Å². The van der Waals surface area contributed by atoms with Gasteiger partial charge in [0.25, 0.3) is 0 Å². The van der Waals surface area contributed by atoms with Gasteiger partial charge in [-0.25, -0.2) is 4.79 Å². The monoisotopic (exact) mass is 292 g/mol. The molecule has 0 aliphatic heterocycles. The number of ether oxygens (including phenoxy) is 1. The molecule has 5 nitrogen and oxygen atoms in total. The topological polar surface area (TPSA) is 70.6 Å². The average Bonchev–Trinajstić information content (AvgIpc) is 2.46. The maximum atomic E-state index is 12.0. The molecule has 1 aromatic rings. The summed E-state index contributed by atoms with van der Waals surface area (Å²) in [7, 11) is 1.56. The van der Waals surface area contributed by atoms with E-state index in [0.717, 1.165) is 25.7 Å². The lowest BCUT2D eigenvalue weighted by atomic mass is 9.79. The summed E-state index contributed by atoms with van der Waals surface area (Å²) in [4.78, 5) is 12.0. The van der Waals surface area contributed by atoms with Crippen LogP contribution in [0.25, 0.3) is 0 Å². The van der Waals surface area contributed by atoms with Crippen LogP contribution in [0.4, 0.5) is 10.5 Å². The van der Waals surface area contributed by atoms with Gasteiger partial charge in [0.2, 0.25) is 0 Å². The lowest BCUT2D eigenvalue weighted by Gasteiger charge is -2.35. The minimum absolute atomic E-state index is 0.276. The number of amides is 2. The Bertz CT molecular complexity index is 492. The van der Waals surface area contributed by atoms with E-state index in [4.69, 9.17) is 4.74 Å². The van der Waals surface area contributed by atoms with Gasteiger partial charge in [-0.15, -0.1) is 0 Å². The second kappa shape index (κ2) is 6.80. The molecule has 1 aliphatic rings. The van der Waals surface area contributed by atoms with Crippen molar-refractivity contribution in [3.8, 4) is 5.75 Å². The minimum atomic E-state index is -0.782. The van der Waals surface area contributed by atoms with Gasteiger partial charge in [-0.05, 0) is 30.9 Å². The third kappa shape index (κ3) is 4.36. The highest BCUT2D eigenvalue weighted by Gasteiger charge is 2.32. The fourth-order valence-electron chi connectivity index (χ4n) is 2.95. The predicted molar refractivity (Wildman–Crippen MR) is 82.6 cm³/mol. The van der Waals surface area contributed by atoms with Gasteiger partial charge in [0.1, 0.15) is 5.75 Å². The molecule has 2 unspecified atom stereocenters. The van der Waals surface area contributed by atoms with Crippen LogP contribution >= 0.6 is 0 Å². The number of carbonyl (C=O) groups excluding carboxylic acids is 1. The molecule has 0 radical (unpaired) electrons. The number of nitrogens with one attached hydrogen (secondary N) is 2. The lowest BCUT2D eigenvalue weighted by molar-refractivity contribution is -0.00920. The number of urea groups is 1. The van der Waals surface area contributed by atoms with Crippen LogP contribution < -0.4 is 15.4 Å². The summed E-state index contributed by atoms with van der Waals surface area (Å²) in [6.45, 7) is 2.41. The van der Waals surface area contributed by atoms with E-state index in [1.54, 1.807) is 19.2 Å². The molecule has 0 aromatic heterocycles. The van der Waals surface area contributed by atoms with Gasteiger partial charge in [0.15, 0.2) is 0 Å².